The third-order valence-corrected chi connectivity index (χ3v) is 5.60. The lowest BCUT2D eigenvalue weighted by Crippen LogP contribution is -2.57. The average molecular weight is 506 g/mol. The topological polar surface area (TPSA) is 217 Å². The van der Waals surface area contributed by atoms with Crippen molar-refractivity contribution < 1.29 is 39.0 Å². The number of carboxylic acids is 2. The Hall–Kier alpha value is -4.00. The predicted molar refractivity (Wildman–Crippen MR) is 125 cm³/mol. The van der Waals surface area contributed by atoms with Gasteiger partial charge in [0.1, 0.15) is 18.1 Å². The van der Waals surface area contributed by atoms with Crippen LogP contribution in [0.2, 0.25) is 0 Å². The van der Waals surface area contributed by atoms with E-state index in [1.54, 1.807) is 30.3 Å². The molecule has 196 valence electrons. The summed E-state index contributed by atoms with van der Waals surface area (Å²) in [6.07, 6.45) is -0.0875. The van der Waals surface area contributed by atoms with Crippen molar-refractivity contribution in [3.8, 4) is 0 Å². The Morgan fingerprint density at radius 3 is 2.14 bits per heavy atom. The molecule has 0 aromatic heterocycles. The van der Waals surface area contributed by atoms with Crippen LogP contribution in [-0.2, 0) is 35.2 Å². The second-order valence-corrected chi connectivity index (χ2v) is 8.46. The first kappa shape index (κ1) is 28.2. The van der Waals surface area contributed by atoms with Crippen LogP contribution in [-0.4, -0.2) is 76.5 Å². The van der Waals surface area contributed by atoms with E-state index in [0.717, 1.165) is 6.42 Å². The molecule has 0 saturated carbocycles. The van der Waals surface area contributed by atoms with Gasteiger partial charge in [-0.1, -0.05) is 30.3 Å². The average Bonchev–Trinajstić information content (AvgIpc) is 3.36. The van der Waals surface area contributed by atoms with Crippen LogP contribution >= 0.6 is 0 Å². The Bertz CT molecular complexity index is 965. The first-order valence-electron chi connectivity index (χ1n) is 11.5. The minimum Gasteiger partial charge on any atom is -0.481 e. The summed E-state index contributed by atoms with van der Waals surface area (Å²) in [5.74, 6) is -5.85. The molecule has 4 atom stereocenters. The second-order valence-electron chi connectivity index (χ2n) is 8.46. The minimum absolute atomic E-state index is 0.0372. The Kier molecular flexibility index (Phi) is 10.8. The van der Waals surface area contributed by atoms with Crippen molar-refractivity contribution in [3.63, 3.8) is 0 Å². The van der Waals surface area contributed by atoms with Gasteiger partial charge in [0, 0.05) is 12.8 Å². The van der Waals surface area contributed by atoms with E-state index in [9.17, 15) is 39.0 Å². The van der Waals surface area contributed by atoms with Gasteiger partial charge in [-0.15, -0.1) is 0 Å². The molecule has 8 N–H and O–H groups in total. The number of aliphatic carboxylic acids is 2. The Morgan fingerprint density at radius 2 is 1.58 bits per heavy atom. The highest BCUT2D eigenvalue weighted by Gasteiger charge is 2.32. The maximum atomic E-state index is 12.9. The number of carbonyl (C=O) groups excluding carboxylic acids is 4. The highest BCUT2D eigenvalue weighted by atomic mass is 16.4. The highest BCUT2D eigenvalue weighted by molar-refractivity contribution is 5.96. The summed E-state index contributed by atoms with van der Waals surface area (Å²) in [5.41, 5.74) is 5.81. The molecule has 0 spiro atoms. The van der Waals surface area contributed by atoms with Crippen molar-refractivity contribution >= 4 is 35.6 Å². The molecule has 0 radical (unpaired) electrons. The van der Waals surface area contributed by atoms with E-state index in [2.05, 4.69) is 21.3 Å². The normalized spacial score (nSPS) is 17.3. The van der Waals surface area contributed by atoms with E-state index in [1.165, 1.54) is 0 Å². The van der Waals surface area contributed by atoms with E-state index in [4.69, 9.17) is 5.73 Å². The summed E-state index contributed by atoms with van der Waals surface area (Å²) in [7, 11) is 0. The SMILES string of the molecule is NC(=O)CCC(NC(=O)C(CC(=O)O)NC(=O)C1CCCN1)C(=O)NC(Cc1ccccc1)C(=O)O. The largest absolute Gasteiger partial charge is 0.481 e. The second kappa shape index (κ2) is 13.8. The number of hydrogen-bond donors (Lipinski definition) is 7. The van der Waals surface area contributed by atoms with Crippen molar-refractivity contribution in [2.75, 3.05) is 6.54 Å². The van der Waals surface area contributed by atoms with Crippen LogP contribution in [0.5, 0.6) is 0 Å². The molecule has 4 amide bonds. The zero-order chi connectivity index (χ0) is 26.7. The molecule has 1 heterocycles. The summed E-state index contributed by atoms with van der Waals surface area (Å²) in [6, 6.07) is 3.74. The lowest BCUT2D eigenvalue weighted by Gasteiger charge is -2.24. The van der Waals surface area contributed by atoms with Crippen molar-refractivity contribution in [1.29, 1.82) is 0 Å². The summed E-state index contributed by atoms with van der Waals surface area (Å²) < 4.78 is 0. The molecule has 13 heteroatoms. The number of nitrogens with one attached hydrogen (secondary N) is 4. The van der Waals surface area contributed by atoms with Gasteiger partial charge in [-0.05, 0) is 31.4 Å². The summed E-state index contributed by atoms with van der Waals surface area (Å²) in [4.78, 5) is 72.5. The van der Waals surface area contributed by atoms with Crippen molar-refractivity contribution in [3.05, 3.63) is 35.9 Å². The first-order chi connectivity index (χ1) is 17.1. The van der Waals surface area contributed by atoms with Crippen LogP contribution in [0.3, 0.4) is 0 Å². The van der Waals surface area contributed by atoms with E-state index in [-0.39, 0.29) is 19.3 Å². The molecule has 36 heavy (non-hydrogen) atoms. The monoisotopic (exact) mass is 505 g/mol. The lowest BCUT2D eigenvalue weighted by molar-refractivity contribution is -0.143. The van der Waals surface area contributed by atoms with E-state index < -0.39 is 66.2 Å². The summed E-state index contributed by atoms with van der Waals surface area (Å²) in [6.45, 7) is 0.608. The van der Waals surface area contributed by atoms with Gasteiger partial charge in [0.25, 0.3) is 0 Å². The van der Waals surface area contributed by atoms with Gasteiger partial charge >= 0.3 is 11.9 Å². The summed E-state index contributed by atoms with van der Waals surface area (Å²) >= 11 is 0. The number of carbonyl (C=O) groups is 6. The number of benzene rings is 1. The maximum absolute atomic E-state index is 12.9. The number of hydrogen-bond acceptors (Lipinski definition) is 7. The molecule has 1 fully saturated rings. The fourth-order valence-corrected chi connectivity index (χ4v) is 3.71. The fraction of sp³-hybridized carbons (Fsp3) is 0.478. The molecule has 1 saturated heterocycles. The zero-order valence-electron chi connectivity index (χ0n) is 19.6. The molecule has 1 aliphatic heterocycles. The maximum Gasteiger partial charge on any atom is 0.326 e. The Morgan fingerprint density at radius 1 is 0.944 bits per heavy atom. The molecule has 1 aliphatic rings. The van der Waals surface area contributed by atoms with Crippen LogP contribution in [0.25, 0.3) is 0 Å². The van der Waals surface area contributed by atoms with Gasteiger partial charge in [-0.3, -0.25) is 24.0 Å². The third kappa shape index (κ3) is 9.33. The van der Waals surface area contributed by atoms with Gasteiger partial charge < -0.3 is 37.2 Å². The quantitative estimate of drug-likeness (QED) is 0.152. The minimum atomic E-state index is -1.50. The fourth-order valence-electron chi connectivity index (χ4n) is 3.71. The van der Waals surface area contributed by atoms with Crippen LogP contribution < -0.4 is 27.0 Å². The van der Waals surface area contributed by atoms with Crippen LogP contribution in [0, 0.1) is 0 Å². The van der Waals surface area contributed by atoms with E-state index in [1.807, 2.05) is 0 Å². The molecule has 1 aromatic carbocycles. The molecule has 0 aliphatic carbocycles. The van der Waals surface area contributed by atoms with Crippen molar-refractivity contribution in [2.24, 2.45) is 5.73 Å². The van der Waals surface area contributed by atoms with Crippen LogP contribution in [0.4, 0.5) is 0 Å². The standard InChI is InChI=1S/C23H31N5O8/c24-18(29)9-8-15(21(33)28-17(23(35)36)11-13-5-2-1-3-6-13)26-22(34)16(12-19(30)31)27-20(32)14-7-4-10-25-14/h1-3,5-6,14-17,25H,4,7-12H2,(H2,24,29)(H,26,34)(H,27,32)(H,28,33)(H,30,31)(H,35,36). The van der Waals surface area contributed by atoms with Crippen LogP contribution in [0.15, 0.2) is 30.3 Å². The lowest BCUT2D eigenvalue weighted by atomic mass is 10.0. The summed E-state index contributed by atoms with van der Waals surface area (Å²) in [5, 5.41) is 28.7. The number of rotatable bonds is 14. The molecule has 4 unspecified atom stereocenters. The smallest absolute Gasteiger partial charge is 0.326 e. The van der Waals surface area contributed by atoms with E-state index >= 15 is 0 Å². The van der Waals surface area contributed by atoms with Gasteiger partial charge in [0.05, 0.1) is 12.5 Å². The molecule has 0 bridgehead atoms. The molecular weight excluding hydrogens is 474 g/mol. The Labute approximate surface area is 207 Å². The number of primary amides is 1. The Balaban J connectivity index is 2.13. The van der Waals surface area contributed by atoms with Gasteiger partial charge in [-0.25, -0.2) is 4.79 Å². The number of amides is 4. The molecular formula is C23H31N5O8. The van der Waals surface area contributed by atoms with Crippen molar-refractivity contribution in [2.45, 2.75) is 62.7 Å². The predicted octanol–water partition coefficient (Wildman–Crippen LogP) is -1.74. The van der Waals surface area contributed by atoms with Gasteiger partial charge in [-0.2, -0.15) is 0 Å². The van der Waals surface area contributed by atoms with Crippen molar-refractivity contribution in [1.82, 2.24) is 21.3 Å². The first-order valence-corrected chi connectivity index (χ1v) is 11.5. The highest BCUT2D eigenvalue weighted by Crippen LogP contribution is 2.08. The number of carboxylic acid groups (broad SMARTS) is 2. The van der Waals surface area contributed by atoms with E-state index in [0.29, 0.717) is 18.5 Å². The van der Waals surface area contributed by atoms with Gasteiger partial charge in [0.2, 0.25) is 23.6 Å². The molecule has 13 nitrogen and oxygen atoms in total. The molecule has 1 aromatic rings. The number of nitrogens with two attached hydrogens (primary N) is 1. The molecule has 2 rings (SSSR count). The zero-order valence-corrected chi connectivity index (χ0v) is 19.6. The third-order valence-electron chi connectivity index (χ3n) is 5.60. The van der Waals surface area contributed by atoms with Gasteiger partial charge in [0.15, 0.2) is 0 Å². The van der Waals surface area contributed by atoms with Crippen LogP contribution in [0.1, 0.15) is 37.7 Å².